The van der Waals surface area contributed by atoms with E-state index in [0.29, 0.717) is 5.92 Å². The first kappa shape index (κ1) is 17.7. The number of likely N-dealkylation sites (tertiary alicyclic amines) is 1. The highest BCUT2D eigenvalue weighted by Gasteiger charge is 2.39. The van der Waals surface area contributed by atoms with Crippen LogP contribution in [-0.4, -0.2) is 51.3 Å². The van der Waals surface area contributed by atoms with Gasteiger partial charge in [0.2, 0.25) is 0 Å². The van der Waals surface area contributed by atoms with E-state index in [1.54, 1.807) is 7.11 Å². The van der Waals surface area contributed by atoms with Gasteiger partial charge in [-0.2, -0.15) is 0 Å². The number of ether oxygens (including phenoxy) is 1. The normalized spacial score (nSPS) is 23.2. The molecule has 1 aromatic rings. The summed E-state index contributed by atoms with van der Waals surface area (Å²) < 4.78 is 6.45. The first-order valence-electron chi connectivity index (χ1n) is 8.87. The average Bonchev–Trinajstić information content (AvgIpc) is 3.00. The molecule has 1 heterocycles. The molecule has 2 fully saturated rings. The Bertz CT molecular complexity index is 568. The summed E-state index contributed by atoms with van der Waals surface area (Å²) in [4.78, 5) is 6.89. The summed E-state index contributed by atoms with van der Waals surface area (Å²) in [6, 6.07) is 8.83. The van der Waals surface area contributed by atoms with Crippen LogP contribution >= 0.6 is 15.9 Å². The highest BCUT2D eigenvalue weighted by Crippen LogP contribution is 2.43. The SMILES string of the molecule is CN=C(NCC1(c2ccc(Br)cc2)CCC1)N1CCC(COC)C1. The number of methoxy groups -OCH3 is 1. The quantitative estimate of drug-likeness (QED) is 0.614. The summed E-state index contributed by atoms with van der Waals surface area (Å²) in [7, 11) is 3.67. The fraction of sp³-hybridized carbons (Fsp3) is 0.632. The van der Waals surface area contributed by atoms with Crippen LogP contribution in [0, 0.1) is 5.92 Å². The average molecular weight is 394 g/mol. The van der Waals surface area contributed by atoms with E-state index < -0.39 is 0 Å². The van der Waals surface area contributed by atoms with Crippen molar-refractivity contribution in [2.45, 2.75) is 31.1 Å². The zero-order chi connectivity index (χ0) is 17.0. The predicted octanol–water partition coefficient (Wildman–Crippen LogP) is 3.41. The fourth-order valence-corrected chi connectivity index (χ4v) is 4.22. The Labute approximate surface area is 153 Å². The van der Waals surface area contributed by atoms with Gasteiger partial charge in [-0.05, 0) is 37.0 Å². The summed E-state index contributed by atoms with van der Waals surface area (Å²) in [5, 5.41) is 3.65. The molecule has 2 aliphatic rings. The monoisotopic (exact) mass is 393 g/mol. The molecule has 4 nitrogen and oxygen atoms in total. The number of nitrogens with one attached hydrogen (secondary N) is 1. The minimum Gasteiger partial charge on any atom is -0.384 e. The molecule has 1 atom stereocenters. The first-order chi connectivity index (χ1) is 11.7. The van der Waals surface area contributed by atoms with Crippen LogP contribution in [0.5, 0.6) is 0 Å². The Balaban J connectivity index is 1.61. The molecular formula is C19H28BrN3O. The molecule has 1 N–H and O–H groups in total. The van der Waals surface area contributed by atoms with Crippen LogP contribution < -0.4 is 5.32 Å². The molecule has 5 heteroatoms. The van der Waals surface area contributed by atoms with Gasteiger partial charge in [0, 0.05) is 49.6 Å². The molecule has 0 amide bonds. The van der Waals surface area contributed by atoms with Gasteiger partial charge in [0.25, 0.3) is 0 Å². The van der Waals surface area contributed by atoms with Crippen molar-refractivity contribution in [3.63, 3.8) is 0 Å². The molecule has 1 saturated carbocycles. The van der Waals surface area contributed by atoms with Crippen LogP contribution in [0.2, 0.25) is 0 Å². The third-order valence-corrected chi connectivity index (χ3v) is 6.08. The van der Waals surface area contributed by atoms with Gasteiger partial charge in [0.1, 0.15) is 0 Å². The van der Waals surface area contributed by atoms with Gasteiger partial charge in [0.15, 0.2) is 5.96 Å². The van der Waals surface area contributed by atoms with Crippen molar-refractivity contribution in [2.75, 3.05) is 40.4 Å². The minimum absolute atomic E-state index is 0.266. The second kappa shape index (κ2) is 7.87. The van der Waals surface area contributed by atoms with E-state index in [4.69, 9.17) is 4.74 Å². The molecule has 1 saturated heterocycles. The summed E-state index contributed by atoms with van der Waals surface area (Å²) in [6.07, 6.45) is 5.01. The number of halogens is 1. The van der Waals surface area contributed by atoms with Crippen molar-refractivity contribution in [3.05, 3.63) is 34.3 Å². The highest BCUT2D eigenvalue weighted by atomic mass is 79.9. The van der Waals surface area contributed by atoms with E-state index in [1.807, 2.05) is 7.05 Å². The number of hydrogen-bond donors (Lipinski definition) is 1. The molecule has 0 radical (unpaired) electrons. The largest absolute Gasteiger partial charge is 0.384 e. The Morgan fingerprint density at radius 3 is 2.71 bits per heavy atom. The molecule has 1 aliphatic heterocycles. The maximum Gasteiger partial charge on any atom is 0.193 e. The third kappa shape index (κ3) is 3.77. The molecule has 0 aromatic heterocycles. The van der Waals surface area contributed by atoms with Gasteiger partial charge in [-0.1, -0.05) is 34.5 Å². The van der Waals surface area contributed by atoms with Crippen molar-refractivity contribution in [2.24, 2.45) is 10.9 Å². The lowest BCUT2D eigenvalue weighted by Gasteiger charge is -2.43. The molecule has 1 unspecified atom stereocenters. The molecule has 0 spiro atoms. The number of benzene rings is 1. The van der Waals surface area contributed by atoms with E-state index >= 15 is 0 Å². The van der Waals surface area contributed by atoms with Gasteiger partial charge >= 0.3 is 0 Å². The maximum absolute atomic E-state index is 5.30. The van der Waals surface area contributed by atoms with Crippen molar-refractivity contribution < 1.29 is 4.74 Å². The maximum atomic E-state index is 5.30. The topological polar surface area (TPSA) is 36.9 Å². The lowest BCUT2D eigenvalue weighted by atomic mass is 9.64. The Morgan fingerprint density at radius 1 is 1.38 bits per heavy atom. The second-order valence-corrected chi connectivity index (χ2v) is 8.01. The van der Waals surface area contributed by atoms with Crippen LogP contribution in [0.15, 0.2) is 33.7 Å². The van der Waals surface area contributed by atoms with Gasteiger partial charge in [-0.3, -0.25) is 4.99 Å². The minimum atomic E-state index is 0.266. The van der Waals surface area contributed by atoms with Crippen LogP contribution in [0.4, 0.5) is 0 Å². The molecule has 24 heavy (non-hydrogen) atoms. The van der Waals surface area contributed by atoms with Gasteiger partial charge in [0.05, 0.1) is 6.61 Å². The molecule has 3 rings (SSSR count). The number of rotatable bonds is 5. The van der Waals surface area contributed by atoms with E-state index in [2.05, 4.69) is 55.4 Å². The molecular weight excluding hydrogens is 366 g/mol. The highest BCUT2D eigenvalue weighted by molar-refractivity contribution is 9.10. The number of guanidine groups is 1. The first-order valence-corrected chi connectivity index (χ1v) is 9.67. The van der Waals surface area contributed by atoms with Gasteiger partial charge in [-0.15, -0.1) is 0 Å². The van der Waals surface area contributed by atoms with Crippen molar-refractivity contribution >= 4 is 21.9 Å². The van der Waals surface area contributed by atoms with E-state index in [0.717, 1.165) is 36.7 Å². The number of hydrogen-bond acceptors (Lipinski definition) is 2. The standard InChI is InChI=1S/C19H28BrN3O/c1-21-18(23-11-8-15(12-23)13-24-2)22-14-19(9-3-10-19)16-4-6-17(20)7-5-16/h4-7,15H,3,8-14H2,1-2H3,(H,21,22). The van der Waals surface area contributed by atoms with E-state index in [-0.39, 0.29) is 5.41 Å². The Kier molecular flexibility index (Phi) is 5.82. The molecule has 1 aromatic carbocycles. The summed E-state index contributed by atoms with van der Waals surface area (Å²) >= 11 is 3.54. The van der Waals surface area contributed by atoms with Crippen molar-refractivity contribution in [1.29, 1.82) is 0 Å². The number of nitrogens with zero attached hydrogens (tertiary/aromatic N) is 2. The number of aliphatic imine (C=N–C) groups is 1. The lowest BCUT2D eigenvalue weighted by molar-refractivity contribution is 0.157. The van der Waals surface area contributed by atoms with E-state index in [9.17, 15) is 0 Å². The summed E-state index contributed by atoms with van der Waals surface area (Å²) in [6.45, 7) is 3.92. The smallest absolute Gasteiger partial charge is 0.193 e. The predicted molar refractivity (Wildman–Crippen MR) is 103 cm³/mol. The fourth-order valence-electron chi connectivity index (χ4n) is 3.95. The van der Waals surface area contributed by atoms with Crippen molar-refractivity contribution in [1.82, 2.24) is 10.2 Å². The summed E-state index contributed by atoms with van der Waals surface area (Å²) in [5.74, 6) is 1.66. The second-order valence-electron chi connectivity index (χ2n) is 7.10. The van der Waals surface area contributed by atoms with E-state index in [1.165, 1.54) is 31.2 Å². The van der Waals surface area contributed by atoms with Crippen LogP contribution in [0.1, 0.15) is 31.2 Å². The van der Waals surface area contributed by atoms with Crippen LogP contribution in [-0.2, 0) is 10.2 Å². The molecule has 0 bridgehead atoms. The summed E-state index contributed by atoms with van der Waals surface area (Å²) in [5.41, 5.74) is 1.71. The third-order valence-electron chi connectivity index (χ3n) is 5.55. The zero-order valence-electron chi connectivity index (χ0n) is 14.7. The van der Waals surface area contributed by atoms with Crippen LogP contribution in [0.25, 0.3) is 0 Å². The molecule has 1 aliphatic carbocycles. The Hall–Kier alpha value is -1.07. The lowest BCUT2D eigenvalue weighted by Crippen LogP contribution is -2.49. The van der Waals surface area contributed by atoms with Crippen LogP contribution in [0.3, 0.4) is 0 Å². The van der Waals surface area contributed by atoms with Gasteiger partial charge in [-0.25, -0.2) is 0 Å². The Morgan fingerprint density at radius 2 is 2.12 bits per heavy atom. The zero-order valence-corrected chi connectivity index (χ0v) is 16.3. The van der Waals surface area contributed by atoms with Crippen molar-refractivity contribution in [3.8, 4) is 0 Å². The van der Waals surface area contributed by atoms with Gasteiger partial charge < -0.3 is 15.0 Å². The molecule has 132 valence electrons.